The first-order chi connectivity index (χ1) is 10.1. The van der Waals surface area contributed by atoms with Crippen molar-refractivity contribution in [2.24, 2.45) is 5.73 Å². The maximum absolute atomic E-state index is 12.3. The summed E-state index contributed by atoms with van der Waals surface area (Å²) in [6.07, 6.45) is 2.08. The van der Waals surface area contributed by atoms with Crippen molar-refractivity contribution in [3.63, 3.8) is 0 Å². The van der Waals surface area contributed by atoms with Crippen LogP contribution in [0.1, 0.15) is 25.3 Å². The van der Waals surface area contributed by atoms with Crippen LogP contribution in [0.3, 0.4) is 0 Å². The summed E-state index contributed by atoms with van der Waals surface area (Å²) in [6, 6.07) is 7.97. The monoisotopic (exact) mass is 290 g/mol. The van der Waals surface area contributed by atoms with E-state index in [2.05, 4.69) is 17.1 Å². The van der Waals surface area contributed by atoms with E-state index in [0.29, 0.717) is 12.6 Å². The van der Waals surface area contributed by atoms with Crippen LogP contribution in [0.25, 0.3) is 0 Å². The highest BCUT2D eigenvalue weighted by atomic mass is 16.2. The van der Waals surface area contributed by atoms with E-state index in [1.807, 2.05) is 36.2 Å². The molecule has 116 valence electrons. The smallest absolute Gasteiger partial charge is 0.321 e. The summed E-state index contributed by atoms with van der Waals surface area (Å²) in [6.45, 7) is 5.90. The molecule has 0 unspecified atom stereocenters. The Morgan fingerprint density at radius 2 is 2.14 bits per heavy atom. The first-order valence-corrected chi connectivity index (χ1v) is 7.69. The van der Waals surface area contributed by atoms with Gasteiger partial charge in [-0.2, -0.15) is 0 Å². The molecule has 1 heterocycles. The van der Waals surface area contributed by atoms with Crippen LogP contribution < -0.4 is 11.1 Å². The summed E-state index contributed by atoms with van der Waals surface area (Å²) in [5.74, 6) is 0. The number of hydrogen-bond donors (Lipinski definition) is 2. The molecule has 21 heavy (non-hydrogen) atoms. The Morgan fingerprint density at radius 1 is 1.43 bits per heavy atom. The van der Waals surface area contributed by atoms with Crippen LogP contribution in [0.2, 0.25) is 0 Å². The van der Waals surface area contributed by atoms with Crippen LogP contribution in [-0.4, -0.2) is 48.6 Å². The van der Waals surface area contributed by atoms with Crippen molar-refractivity contribution in [1.29, 1.82) is 0 Å². The Hall–Kier alpha value is -1.59. The second-order valence-electron chi connectivity index (χ2n) is 5.61. The van der Waals surface area contributed by atoms with Crippen LogP contribution in [-0.2, 0) is 6.54 Å². The number of piperidine rings is 1. The Bertz CT molecular complexity index is 469. The molecular weight excluding hydrogens is 264 g/mol. The maximum Gasteiger partial charge on any atom is 0.321 e. The number of amides is 2. The van der Waals surface area contributed by atoms with Crippen LogP contribution in [0.5, 0.6) is 0 Å². The van der Waals surface area contributed by atoms with E-state index in [1.165, 1.54) is 0 Å². The molecule has 2 amide bonds. The van der Waals surface area contributed by atoms with Crippen LogP contribution in [0.15, 0.2) is 24.3 Å². The van der Waals surface area contributed by atoms with Crippen molar-refractivity contribution >= 4 is 11.7 Å². The Labute approximate surface area is 127 Å². The van der Waals surface area contributed by atoms with Crippen LogP contribution >= 0.6 is 0 Å². The van der Waals surface area contributed by atoms with Gasteiger partial charge >= 0.3 is 6.03 Å². The van der Waals surface area contributed by atoms with Crippen molar-refractivity contribution in [2.45, 2.75) is 32.4 Å². The molecule has 1 saturated heterocycles. The minimum absolute atomic E-state index is 0.0425. The number of hydrogen-bond acceptors (Lipinski definition) is 3. The van der Waals surface area contributed by atoms with Gasteiger partial charge in [0, 0.05) is 38.4 Å². The fourth-order valence-electron chi connectivity index (χ4n) is 2.78. The number of anilines is 1. The summed E-state index contributed by atoms with van der Waals surface area (Å²) in [5.41, 5.74) is 7.45. The maximum atomic E-state index is 12.3. The summed E-state index contributed by atoms with van der Waals surface area (Å²) in [5, 5.41) is 2.96. The molecule has 1 aromatic rings. The van der Waals surface area contributed by atoms with Gasteiger partial charge in [-0.25, -0.2) is 4.79 Å². The van der Waals surface area contributed by atoms with Crippen LogP contribution in [0.4, 0.5) is 10.5 Å². The standard InChI is InChI=1S/C16H26N4O/c1-3-20-9-7-15(8-10-20)19(2)16(21)18-14-6-4-5-13(11-14)12-17/h4-6,11,15H,3,7-10,12,17H2,1-2H3,(H,18,21). The summed E-state index contributed by atoms with van der Waals surface area (Å²) >= 11 is 0. The van der Waals surface area contributed by atoms with Gasteiger partial charge in [0.15, 0.2) is 0 Å². The average Bonchev–Trinajstić information content (AvgIpc) is 2.54. The number of rotatable bonds is 4. The van der Waals surface area contributed by atoms with Gasteiger partial charge < -0.3 is 20.9 Å². The minimum atomic E-state index is -0.0425. The lowest BCUT2D eigenvalue weighted by Gasteiger charge is -2.36. The third-order valence-corrected chi connectivity index (χ3v) is 4.29. The molecule has 5 heteroatoms. The highest BCUT2D eigenvalue weighted by molar-refractivity contribution is 5.89. The van der Waals surface area contributed by atoms with Gasteiger partial charge in [-0.05, 0) is 37.1 Å². The number of urea groups is 1. The average molecular weight is 290 g/mol. The fraction of sp³-hybridized carbons (Fsp3) is 0.562. The van der Waals surface area contributed by atoms with E-state index >= 15 is 0 Å². The van der Waals surface area contributed by atoms with Crippen molar-refractivity contribution in [3.8, 4) is 0 Å². The zero-order chi connectivity index (χ0) is 15.2. The van der Waals surface area contributed by atoms with Gasteiger partial charge in [0.1, 0.15) is 0 Å². The summed E-state index contributed by atoms with van der Waals surface area (Å²) in [4.78, 5) is 16.6. The molecule has 0 aliphatic carbocycles. The van der Waals surface area contributed by atoms with E-state index in [4.69, 9.17) is 5.73 Å². The van der Waals surface area contributed by atoms with E-state index in [1.54, 1.807) is 0 Å². The molecule has 0 aromatic heterocycles. The lowest BCUT2D eigenvalue weighted by atomic mass is 10.0. The highest BCUT2D eigenvalue weighted by Gasteiger charge is 2.24. The van der Waals surface area contributed by atoms with Gasteiger partial charge in [0.05, 0.1) is 0 Å². The van der Waals surface area contributed by atoms with Crippen LogP contribution in [0, 0.1) is 0 Å². The molecule has 0 radical (unpaired) electrons. The molecule has 1 aliphatic rings. The second kappa shape index (κ2) is 7.43. The molecule has 2 rings (SSSR count). The molecule has 1 fully saturated rings. The summed E-state index contributed by atoms with van der Waals surface area (Å²) < 4.78 is 0. The number of nitrogens with two attached hydrogens (primary N) is 1. The topological polar surface area (TPSA) is 61.6 Å². The number of carbonyl (C=O) groups excluding carboxylic acids is 1. The SMILES string of the molecule is CCN1CCC(N(C)C(=O)Nc2cccc(CN)c2)CC1. The van der Waals surface area contributed by atoms with Crippen molar-refractivity contribution in [3.05, 3.63) is 29.8 Å². The molecule has 5 nitrogen and oxygen atoms in total. The molecular formula is C16H26N4O. The van der Waals surface area contributed by atoms with Crippen molar-refractivity contribution < 1.29 is 4.79 Å². The largest absolute Gasteiger partial charge is 0.326 e. The lowest BCUT2D eigenvalue weighted by molar-refractivity contribution is 0.145. The molecule has 0 spiro atoms. The third-order valence-electron chi connectivity index (χ3n) is 4.29. The summed E-state index contributed by atoms with van der Waals surface area (Å²) in [7, 11) is 1.88. The lowest BCUT2D eigenvalue weighted by Crippen LogP contribution is -2.46. The third kappa shape index (κ3) is 4.19. The van der Waals surface area contributed by atoms with Gasteiger partial charge in [-0.1, -0.05) is 19.1 Å². The second-order valence-corrected chi connectivity index (χ2v) is 5.61. The molecule has 1 aliphatic heterocycles. The number of carbonyl (C=O) groups is 1. The Kier molecular flexibility index (Phi) is 5.59. The number of nitrogens with one attached hydrogen (secondary N) is 1. The van der Waals surface area contributed by atoms with Gasteiger partial charge in [-0.15, -0.1) is 0 Å². The molecule has 3 N–H and O–H groups in total. The van der Waals surface area contributed by atoms with Crippen molar-refractivity contribution in [1.82, 2.24) is 9.80 Å². The first-order valence-electron chi connectivity index (χ1n) is 7.69. The van der Waals surface area contributed by atoms with Gasteiger partial charge in [0.2, 0.25) is 0 Å². The first kappa shape index (κ1) is 15.8. The quantitative estimate of drug-likeness (QED) is 0.892. The highest BCUT2D eigenvalue weighted by Crippen LogP contribution is 2.17. The van der Waals surface area contributed by atoms with E-state index in [0.717, 1.165) is 43.7 Å². The predicted octanol–water partition coefficient (Wildman–Crippen LogP) is 2.09. The zero-order valence-electron chi connectivity index (χ0n) is 13.0. The molecule has 0 atom stereocenters. The van der Waals surface area contributed by atoms with E-state index in [9.17, 15) is 4.79 Å². The zero-order valence-corrected chi connectivity index (χ0v) is 13.0. The minimum Gasteiger partial charge on any atom is -0.326 e. The van der Waals surface area contributed by atoms with Gasteiger partial charge in [0.25, 0.3) is 0 Å². The van der Waals surface area contributed by atoms with E-state index in [-0.39, 0.29) is 6.03 Å². The Balaban J connectivity index is 1.90. The fourth-order valence-corrected chi connectivity index (χ4v) is 2.78. The normalized spacial score (nSPS) is 16.7. The van der Waals surface area contributed by atoms with E-state index < -0.39 is 0 Å². The Morgan fingerprint density at radius 3 is 2.76 bits per heavy atom. The van der Waals surface area contributed by atoms with Crippen molar-refractivity contribution in [2.75, 3.05) is 32.0 Å². The number of likely N-dealkylation sites (tertiary alicyclic amines) is 1. The number of benzene rings is 1. The number of nitrogens with zero attached hydrogens (tertiary/aromatic N) is 2. The predicted molar refractivity (Wildman–Crippen MR) is 86.3 cm³/mol. The molecule has 0 saturated carbocycles. The molecule has 1 aromatic carbocycles. The molecule has 0 bridgehead atoms. The van der Waals surface area contributed by atoms with Gasteiger partial charge in [-0.3, -0.25) is 0 Å².